The molecular formula is C60H107N2O7P. The SMILES string of the molecule is CC/C=C\C/C=C\C/C=C\C/C=C\C/C=C\CCCCCC(=O)NC(COP(=O)([O-])OCC[N+](C)(C)C)C(/C=C\CCCCCCCCCCCC)OC(=O)CCCCC/C=C\CCCCCCCC. The number of phosphoric ester groups is 1. The van der Waals surface area contributed by atoms with Crippen molar-refractivity contribution in [1.82, 2.24) is 5.32 Å². The fourth-order valence-corrected chi connectivity index (χ4v) is 8.38. The number of nitrogens with zero attached hydrogens (tertiary/aromatic N) is 1. The number of esters is 1. The second kappa shape index (κ2) is 49.8. The minimum atomic E-state index is -4.71. The van der Waals surface area contributed by atoms with Gasteiger partial charge in [0.1, 0.15) is 19.3 Å². The summed E-state index contributed by atoms with van der Waals surface area (Å²) in [6.07, 6.45) is 64.1. The van der Waals surface area contributed by atoms with Gasteiger partial charge in [0.25, 0.3) is 7.82 Å². The Bertz CT molecular complexity index is 1480. The van der Waals surface area contributed by atoms with Gasteiger partial charge in [0.2, 0.25) is 5.91 Å². The van der Waals surface area contributed by atoms with E-state index in [0.717, 1.165) is 96.3 Å². The van der Waals surface area contributed by atoms with Gasteiger partial charge >= 0.3 is 5.97 Å². The molecule has 3 unspecified atom stereocenters. The van der Waals surface area contributed by atoms with Gasteiger partial charge in [0.15, 0.2) is 0 Å². The van der Waals surface area contributed by atoms with Crippen LogP contribution >= 0.6 is 7.82 Å². The van der Waals surface area contributed by atoms with Crippen LogP contribution in [0, 0.1) is 0 Å². The molecule has 0 spiro atoms. The fraction of sp³-hybridized carbons (Fsp3) is 0.733. The highest BCUT2D eigenvalue weighted by Crippen LogP contribution is 2.38. The predicted octanol–water partition coefficient (Wildman–Crippen LogP) is 16.4. The average Bonchev–Trinajstić information content (AvgIpc) is 3.32. The molecule has 0 aromatic heterocycles. The molecule has 3 atom stereocenters. The number of likely N-dealkylation sites (N-methyl/N-ethyl adjacent to an activating group) is 1. The van der Waals surface area contributed by atoms with Crippen LogP contribution in [0.25, 0.3) is 0 Å². The van der Waals surface area contributed by atoms with E-state index in [2.05, 4.69) is 99.0 Å². The van der Waals surface area contributed by atoms with Crippen molar-refractivity contribution in [2.75, 3.05) is 40.9 Å². The van der Waals surface area contributed by atoms with E-state index in [1.54, 1.807) is 0 Å². The van der Waals surface area contributed by atoms with Crippen molar-refractivity contribution in [2.45, 2.75) is 245 Å². The minimum absolute atomic E-state index is 0.0347. The highest BCUT2D eigenvalue weighted by atomic mass is 31.2. The molecule has 70 heavy (non-hydrogen) atoms. The summed E-state index contributed by atoms with van der Waals surface area (Å²) in [6.45, 7) is 6.66. The van der Waals surface area contributed by atoms with E-state index in [1.807, 2.05) is 33.3 Å². The van der Waals surface area contributed by atoms with Gasteiger partial charge in [0, 0.05) is 12.8 Å². The maximum atomic E-state index is 13.5. The van der Waals surface area contributed by atoms with Crippen LogP contribution in [0.1, 0.15) is 233 Å². The first-order valence-corrected chi connectivity index (χ1v) is 29.9. The first-order chi connectivity index (χ1) is 33.9. The summed E-state index contributed by atoms with van der Waals surface area (Å²) in [5.74, 6) is -0.602. The van der Waals surface area contributed by atoms with Gasteiger partial charge in [-0.15, -0.1) is 0 Å². The number of amides is 1. The Hall–Kier alpha value is -2.81. The molecule has 0 aliphatic rings. The number of hydrogen-bond acceptors (Lipinski definition) is 7. The molecule has 0 fully saturated rings. The molecule has 0 saturated heterocycles. The van der Waals surface area contributed by atoms with E-state index in [0.29, 0.717) is 23.9 Å². The molecule has 0 aliphatic heterocycles. The number of phosphoric acid groups is 1. The third kappa shape index (κ3) is 50.1. The molecule has 0 saturated carbocycles. The molecule has 404 valence electrons. The summed E-state index contributed by atoms with van der Waals surface area (Å²) < 4.78 is 30.2. The quantitative estimate of drug-likeness (QED) is 0.0212. The zero-order chi connectivity index (χ0) is 51.5. The first-order valence-electron chi connectivity index (χ1n) is 28.4. The number of quaternary nitrogens is 1. The Balaban J connectivity index is 5.43. The molecule has 9 nitrogen and oxygen atoms in total. The van der Waals surface area contributed by atoms with Crippen LogP contribution in [0.3, 0.4) is 0 Å². The minimum Gasteiger partial charge on any atom is -0.756 e. The Kier molecular flexibility index (Phi) is 47.8. The molecule has 0 aromatic carbocycles. The largest absolute Gasteiger partial charge is 0.756 e. The fourth-order valence-electron chi connectivity index (χ4n) is 7.66. The Morgan fingerprint density at radius 3 is 1.39 bits per heavy atom. The van der Waals surface area contributed by atoms with Crippen LogP contribution in [0.5, 0.6) is 0 Å². The molecule has 0 radical (unpaired) electrons. The standard InChI is InChI=1S/C60H107N2O7P/c1-7-10-13-16-19-22-25-28-29-30-31-32-33-35-37-40-43-46-49-52-59(63)61-57(56-68-70(65,66)67-55-54-62(4,5)6)58(51-48-45-42-39-36-27-24-21-18-15-12-9-3)69-60(64)53-50-47-44-41-38-34-26-23-20-17-14-11-8-2/h10,13,19,22,28-29,31-32,34-35,37-38,48,51,57-58H,7-9,11-12,14-18,20-21,23-27,30,33,36,39-47,49-50,52-56H2,1-6H3,(H-,61,63,65,66)/b13-10-,22-19-,29-28-,32-31-,37-35-,38-34-,51-48-. The monoisotopic (exact) mass is 999 g/mol. The van der Waals surface area contributed by atoms with Crippen molar-refractivity contribution in [1.29, 1.82) is 0 Å². The van der Waals surface area contributed by atoms with Crippen molar-refractivity contribution < 1.29 is 37.3 Å². The lowest BCUT2D eigenvalue weighted by atomic mass is 10.1. The van der Waals surface area contributed by atoms with Gasteiger partial charge in [-0.25, -0.2) is 0 Å². The van der Waals surface area contributed by atoms with Crippen molar-refractivity contribution >= 4 is 19.7 Å². The summed E-state index contributed by atoms with van der Waals surface area (Å²) in [5, 5.41) is 2.99. The smallest absolute Gasteiger partial charge is 0.306 e. The van der Waals surface area contributed by atoms with E-state index in [-0.39, 0.29) is 31.3 Å². The van der Waals surface area contributed by atoms with Gasteiger partial charge in [-0.05, 0) is 102 Å². The van der Waals surface area contributed by atoms with Crippen LogP contribution in [-0.2, 0) is 27.9 Å². The summed E-state index contributed by atoms with van der Waals surface area (Å²) in [4.78, 5) is 39.8. The maximum Gasteiger partial charge on any atom is 0.306 e. The molecule has 1 amide bonds. The summed E-state index contributed by atoms with van der Waals surface area (Å²) in [7, 11) is 1.14. The number of ether oxygens (including phenoxy) is 1. The molecule has 0 aliphatic carbocycles. The number of carbonyl (C=O) groups is 2. The van der Waals surface area contributed by atoms with Crippen molar-refractivity contribution in [2.24, 2.45) is 0 Å². The van der Waals surface area contributed by atoms with Gasteiger partial charge in [0.05, 0.1) is 33.8 Å². The first kappa shape index (κ1) is 67.2. The Morgan fingerprint density at radius 1 is 0.514 bits per heavy atom. The van der Waals surface area contributed by atoms with E-state index >= 15 is 0 Å². The van der Waals surface area contributed by atoms with Gasteiger partial charge in [-0.2, -0.15) is 0 Å². The molecule has 1 N–H and O–H groups in total. The van der Waals surface area contributed by atoms with Gasteiger partial charge in [-0.3, -0.25) is 14.2 Å². The van der Waals surface area contributed by atoms with Crippen molar-refractivity contribution in [3.8, 4) is 0 Å². The number of rotatable bonds is 50. The molecule has 0 aromatic rings. The Morgan fingerprint density at radius 2 is 0.914 bits per heavy atom. The van der Waals surface area contributed by atoms with Crippen molar-refractivity contribution in [3.05, 3.63) is 85.1 Å². The van der Waals surface area contributed by atoms with Gasteiger partial charge < -0.3 is 28.5 Å². The number of carbonyl (C=O) groups excluding carboxylic acids is 2. The van der Waals surface area contributed by atoms with Crippen LogP contribution in [0.4, 0.5) is 0 Å². The third-order valence-corrected chi connectivity index (χ3v) is 13.0. The normalized spacial score (nSPS) is 14.4. The lowest BCUT2D eigenvalue weighted by Gasteiger charge is -2.30. The zero-order valence-corrected chi connectivity index (χ0v) is 46.8. The average molecular weight is 999 g/mol. The van der Waals surface area contributed by atoms with Crippen LogP contribution < -0.4 is 10.2 Å². The van der Waals surface area contributed by atoms with E-state index in [4.69, 9.17) is 13.8 Å². The Labute approximate surface area is 431 Å². The summed E-state index contributed by atoms with van der Waals surface area (Å²) in [6, 6.07) is -0.914. The molecule has 0 rings (SSSR count). The molecule has 0 bridgehead atoms. The second-order valence-electron chi connectivity index (χ2n) is 20.1. The lowest BCUT2D eigenvalue weighted by Crippen LogP contribution is -2.47. The highest BCUT2D eigenvalue weighted by Gasteiger charge is 2.27. The third-order valence-electron chi connectivity index (χ3n) is 12.1. The van der Waals surface area contributed by atoms with Crippen LogP contribution in [0.2, 0.25) is 0 Å². The molecule has 0 heterocycles. The topological polar surface area (TPSA) is 114 Å². The second-order valence-corrected chi connectivity index (χ2v) is 21.5. The molecular weight excluding hydrogens is 892 g/mol. The van der Waals surface area contributed by atoms with E-state index in [9.17, 15) is 19.0 Å². The number of hydrogen-bond donors (Lipinski definition) is 1. The highest BCUT2D eigenvalue weighted by molar-refractivity contribution is 7.45. The van der Waals surface area contributed by atoms with Crippen molar-refractivity contribution in [3.63, 3.8) is 0 Å². The van der Waals surface area contributed by atoms with Gasteiger partial charge in [-0.1, -0.05) is 202 Å². The summed E-state index contributed by atoms with van der Waals surface area (Å²) >= 11 is 0. The lowest BCUT2D eigenvalue weighted by molar-refractivity contribution is -0.870. The van der Waals surface area contributed by atoms with Crippen LogP contribution in [-0.4, -0.2) is 69.4 Å². The number of unbranched alkanes of at least 4 members (excludes halogenated alkanes) is 22. The van der Waals surface area contributed by atoms with E-state index in [1.165, 1.54) is 89.9 Å². The predicted molar refractivity (Wildman–Crippen MR) is 298 cm³/mol. The number of nitrogens with one attached hydrogen (secondary N) is 1. The number of allylic oxidation sites excluding steroid dienone is 13. The molecule has 10 heteroatoms. The van der Waals surface area contributed by atoms with E-state index < -0.39 is 26.6 Å². The summed E-state index contributed by atoms with van der Waals surface area (Å²) in [5.41, 5.74) is 0. The maximum absolute atomic E-state index is 13.5. The zero-order valence-electron chi connectivity index (χ0n) is 45.9. The van der Waals surface area contributed by atoms with Crippen LogP contribution in [0.15, 0.2) is 85.1 Å².